The lowest BCUT2D eigenvalue weighted by molar-refractivity contribution is 0.0892. The fourth-order valence-corrected chi connectivity index (χ4v) is 1.59. The number of aromatic hydroxyl groups is 2. The van der Waals surface area contributed by atoms with Crippen molar-refractivity contribution in [2.75, 3.05) is 20.3 Å². The van der Waals surface area contributed by atoms with Crippen LogP contribution in [0.4, 0.5) is 0 Å². The standard InChI is InChI=1S/C12H18N2O4/c1-18-7-9(2-3-13)14-12(17)8-4-10(15)6-11(16)5-8/h4-6,9,15-16H,2-3,7,13H2,1H3,(H,14,17). The summed E-state index contributed by atoms with van der Waals surface area (Å²) in [5.74, 6) is -0.721. The van der Waals surface area contributed by atoms with E-state index in [2.05, 4.69) is 5.32 Å². The number of ether oxygens (including phenoxy) is 1. The Morgan fingerprint density at radius 1 is 1.39 bits per heavy atom. The molecule has 0 fully saturated rings. The molecule has 0 radical (unpaired) electrons. The SMILES string of the molecule is COCC(CCN)NC(=O)c1cc(O)cc(O)c1. The molecule has 0 aliphatic heterocycles. The molecule has 0 saturated carbocycles. The number of amides is 1. The van der Waals surface area contributed by atoms with E-state index >= 15 is 0 Å². The highest BCUT2D eigenvalue weighted by atomic mass is 16.5. The van der Waals surface area contributed by atoms with Crippen molar-refractivity contribution in [2.24, 2.45) is 5.73 Å². The highest BCUT2D eigenvalue weighted by Crippen LogP contribution is 2.20. The van der Waals surface area contributed by atoms with Gasteiger partial charge in [-0.2, -0.15) is 0 Å². The van der Waals surface area contributed by atoms with Gasteiger partial charge >= 0.3 is 0 Å². The fourth-order valence-electron chi connectivity index (χ4n) is 1.59. The summed E-state index contributed by atoms with van der Waals surface area (Å²) in [6, 6.07) is 3.52. The van der Waals surface area contributed by atoms with Crippen molar-refractivity contribution in [2.45, 2.75) is 12.5 Å². The van der Waals surface area contributed by atoms with Crippen LogP contribution in [0.25, 0.3) is 0 Å². The van der Waals surface area contributed by atoms with Crippen LogP contribution in [0.2, 0.25) is 0 Å². The van der Waals surface area contributed by atoms with Gasteiger partial charge in [-0.25, -0.2) is 0 Å². The molecule has 0 heterocycles. The summed E-state index contributed by atoms with van der Waals surface area (Å²) in [5, 5.41) is 21.3. The van der Waals surface area contributed by atoms with Gasteiger partial charge in [-0.15, -0.1) is 0 Å². The first kappa shape index (κ1) is 14.3. The van der Waals surface area contributed by atoms with Gasteiger partial charge in [0.2, 0.25) is 0 Å². The van der Waals surface area contributed by atoms with E-state index in [9.17, 15) is 15.0 Å². The van der Waals surface area contributed by atoms with Gasteiger partial charge in [-0.05, 0) is 25.1 Å². The van der Waals surface area contributed by atoms with Gasteiger partial charge in [0.05, 0.1) is 12.6 Å². The van der Waals surface area contributed by atoms with Crippen LogP contribution in [0, 0.1) is 0 Å². The topological polar surface area (TPSA) is 105 Å². The summed E-state index contributed by atoms with van der Waals surface area (Å²) in [4.78, 5) is 11.9. The Morgan fingerprint density at radius 3 is 2.50 bits per heavy atom. The van der Waals surface area contributed by atoms with Crippen molar-refractivity contribution < 1.29 is 19.7 Å². The number of hydrogen-bond donors (Lipinski definition) is 4. The summed E-state index contributed by atoms with van der Waals surface area (Å²) in [6.07, 6.45) is 0.588. The Kier molecular flexibility index (Phi) is 5.41. The van der Waals surface area contributed by atoms with E-state index in [1.165, 1.54) is 19.2 Å². The lowest BCUT2D eigenvalue weighted by Crippen LogP contribution is -2.39. The summed E-state index contributed by atoms with van der Waals surface area (Å²) in [7, 11) is 1.54. The van der Waals surface area contributed by atoms with Crippen LogP contribution in [0.15, 0.2) is 18.2 Å². The second-order valence-corrected chi connectivity index (χ2v) is 3.94. The molecule has 6 nitrogen and oxygen atoms in total. The monoisotopic (exact) mass is 254 g/mol. The summed E-state index contributed by atoms with van der Waals surface area (Å²) in [6.45, 7) is 0.785. The van der Waals surface area contributed by atoms with Crippen molar-refractivity contribution >= 4 is 5.91 Å². The van der Waals surface area contributed by atoms with E-state index in [1.807, 2.05) is 0 Å². The zero-order valence-electron chi connectivity index (χ0n) is 10.2. The van der Waals surface area contributed by atoms with E-state index in [-0.39, 0.29) is 23.1 Å². The number of carbonyl (C=O) groups excluding carboxylic acids is 1. The van der Waals surface area contributed by atoms with Crippen molar-refractivity contribution in [3.63, 3.8) is 0 Å². The van der Waals surface area contributed by atoms with Crippen molar-refractivity contribution in [1.82, 2.24) is 5.32 Å². The maximum absolute atomic E-state index is 11.9. The highest BCUT2D eigenvalue weighted by molar-refractivity contribution is 5.95. The summed E-state index contributed by atoms with van der Waals surface area (Å²) in [5.41, 5.74) is 5.62. The first-order chi connectivity index (χ1) is 8.56. The number of nitrogens with two attached hydrogens (primary N) is 1. The summed E-state index contributed by atoms with van der Waals surface area (Å²) < 4.78 is 4.97. The van der Waals surface area contributed by atoms with Gasteiger partial charge in [0.1, 0.15) is 11.5 Å². The molecule has 18 heavy (non-hydrogen) atoms. The highest BCUT2D eigenvalue weighted by Gasteiger charge is 2.14. The second kappa shape index (κ2) is 6.83. The van der Waals surface area contributed by atoms with Crippen LogP contribution < -0.4 is 11.1 Å². The van der Waals surface area contributed by atoms with Gasteiger partial charge < -0.3 is 26.0 Å². The van der Waals surface area contributed by atoms with Crippen LogP contribution in [0.1, 0.15) is 16.8 Å². The Bertz CT molecular complexity index is 383. The zero-order chi connectivity index (χ0) is 13.5. The fraction of sp³-hybridized carbons (Fsp3) is 0.417. The lowest BCUT2D eigenvalue weighted by atomic mass is 10.1. The van der Waals surface area contributed by atoms with E-state index in [0.717, 1.165) is 6.07 Å². The van der Waals surface area contributed by atoms with E-state index < -0.39 is 5.91 Å². The molecular formula is C12H18N2O4. The number of benzene rings is 1. The number of hydrogen-bond acceptors (Lipinski definition) is 5. The zero-order valence-corrected chi connectivity index (χ0v) is 10.2. The molecule has 100 valence electrons. The van der Waals surface area contributed by atoms with Gasteiger partial charge in [-0.3, -0.25) is 4.79 Å². The van der Waals surface area contributed by atoms with E-state index in [1.54, 1.807) is 0 Å². The number of methoxy groups -OCH3 is 1. The molecule has 0 saturated heterocycles. The Balaban J connectivity index is 2.73. The Labute approximate surface area is 105 Å². The number of phenols is 2. The minimum absolute atomic E-state index is 0.165. The maximum atomic E-state index is 11.9. The van der Waals surface area contributed by atoms with Crippen molar-refractivity contribution in [3.8, 4) is 11.5 Å². The average molecular weight is 254 g/mol. The molecule has 1 unspecified atom stereocenters. The van der Waals surface area contributed by atoms with Crippen molar-refractivity contribution in [1.29, 1.82) is 0 Å². The van der Waals surface area contributed by atoms with Crippen LogP contribution in [-0.4, -0.2) is 42.4 Å². The molecule has 1 atom stereocenters. The van der Waals surface area contributed by atoms with E-state index in [4.69, 9.17) is 10.5 Å². The molecule has 0 aromatic heterocycles. The van der Waals surface area contributed by atoms with Gasteiger partial charge in [-0.1, -0.05) is 0 Å². The van der Waals surface area contributed by atoms with Crippen molar-refractivity contribution in [3.05, 3.63) is 23.8 Å². The van der Waals surface area contributed by atoms with Crippen LogP contribution in [0.5, 0.6) is 11.5 Å². The number of nitrogens with one attached hydrogen (secondary N) is 1. The van der Waals surface area contributed by atoms with Gasteiger partial charge in [0.15, 0.2) is 0 Å². The van der Waals surface area contributed by atoms with Gasteiger partial charge in [0.25, 0.3) is 5.91 Å². The predicted octanol–water partition coefficient (Wildman–Crippen LogP) is 0.191. The third-order valence-corrected chi connectivity index (χ3v) is 2.38. The third kappa shape index (κ3) is 4.23. The Morgan fingerprint density at radius 2 is 2.00 bits per heavy atom. The molecule has 1 amide bonds. The molecule has 1 rings (SSSR count). The maximum Gasteiger partial charge on any atom is 0.251 e. The summed E-state index contributed by atoms with van der Waals surface area (Å²) >= 11 is 0. The molecular weight excluding hydrogens is 236 g/mol. The second-order valence-electron chi connectivity index (χ2n) is 3.94. The van der Waals surface area contributed by atoms with Crippen LogP contribution in [0.3, 0.4) is 0 Å². The molecule has 0 aliphatic carbocycles. The molecule has 0 aliphatic rings. The smallest absolute Gasteiger partial charge is 0.251 e. The third-order valence-electron chi connectivity index (χ3n) is 2.38. The molecule has 1 aromatic rings. The number of phenolic OH excluding ortho intramolecular Hbond substituents is 2. The van der Waals surface area contributed by atoms with Crippen LogP contribution >= 0.6 is 0 Å². The molecule has 0 spiro atoms. The quantitative estimate of drug-likeness (QED) is 0.580. The lowest BCUT2D eigenvalue weighted by Gasteiger charge is -2.17. The first-order valence-corrected chi connectivity index (χ1v) is 5.59. The van der Waals surface area contributed by atoms with Crippen LogP contribution in [-0.2, 0) is 4.74 Å². The van der Waals surface area contributed by atoms with Gasteiger partial charge in [0, 0.05) is 18.7 Å². The largest absolute Gasteiger partial charge is 0.508 e. The normalized spacial score (nSPS) is 12.1. The minimum Gasteiger partial charge on any atom is -0.508 e. The Hall–Kier alpha value is -1.79. The first-order valence-electron chi connectivity index (χ1n) is 5.59. The van der Waals surface area contributed by atoms with E-state index in [0.29, 0.717) is 19.6 Å². The minimum atomic E-state index is -0.392. The number of rotatable bonds is 6. The predicted molar refractivity (Wildman–Crippen MR) is 66.6 cm³/mol. The average Bonchev–Trinajstić information content (AvgIpc) is 2.28. The molecule has 1 aromatic carbocycles. The number of carbonyl (C=O) groups is 1. The molecule has 0 bridgehead atoms. The molecule has 5 N–H and O–H groups in total. The molecule has 6 heteroatoms.